The highest BCUT2D eigenvalue weighted by Crippen LogP contribution is 2.57. The Labute approximate surface area is 123 Å². The zero-order valence-corrected chi connectivity index (χ0v) is 11.9. The molecule has 0 aromatic heterocycles. The van der Waals surface area contributed by atoms with Gasteiger partial charge in [-0.25, -0.2) is 0 Å². The molecule has 3 rings (SSSR count). The van der Waals surface area contributed by atoms with Crippen LogP contribution in [0, 0.1) is 17.8 Å². The molecular weight excluding hydrogens is 274 g/mol. The molecule has 0 aliphatic heterocycles. The van der Waals surface area contributed by atoms with Gasteiger partial charge in [0, 0.05) is 5.02 Å². The van der Waals surface area contributed by atoms with E-state index in [1.807, 2.05) is 24.3 Å². The Balaban J connectivity index is 1.93. The van der Waals surface area contributed by atoms with Crippen molar-refractivity contribution in [2.75, 3.05) is 0 Å². The summed E-state index contributed by atoms with van der Waals surface area (Å²) in [4.78, 5) is 16.1. The van der Waals surface area contributed by atoms with Crippen molar-refractivity contribution >= 4 is 23.5 Å². The fourth-order valence-electron chi connectivity index (χ4n) is 4.01. The van der Waals surface area contributed by atoms with Crippen molar-refractivity contribution in [2.45, 2.75) is 25.2 Å². The van der Waals surface area contributed by atoms with Crippen LogP contribution in [0.1, 0.15) is 30.7 Å². The van der Waals surface area contributed by atoms with E-state index in [2.05, 4.69) is 4.99 Å². The van der Waals surface area contributed by atoms with Crippen LogP contribution < -0.4 is 11.5 Å². The number of rotatable bonds is 2. The molecule has 4 nitrogen and oxygen atoms in total. The van der Waals surface area contributed by atoms with Crippen LogP contribution >= 0.6 is 11.6 Å². The number of guanidine groups is 1. The average Bonchev–Trinajstić information content (AvgIpc) is 2.99. The monoisotopic (exact) mass is 291 g/mol. The molecule has 1 amide bonds. The van der Waals surface area contributed by atoms with Gasteiger partial charge in [-0.2, -0.15) is 4.99 Å². The fourth-order valence-corrected chi connectivity index (χ4v) is 4.14. The number of fused-ring (bicyclic) bond motifs is 2. The maximum absolute atomic E-state index is 12.3. The largest absolute Gasteiger partial charge is 0.370 e. The lowest BCUT2D eigenvalue weighted by Crippen LogP contribution is -2.31. The van der Waals surface area contributed by atoms with Crippen LogP contribution in [0.5, 0.6) is 0 Å². The zero-order chi connectivity index (χ0) is 14.3. The second-order valence-electron chi connectivity index (χ2n) is 5.81. The Kier molecular flexibility index (Phi) is 3.42. The summed E-state index contributed by atoms with van der Waals surface area (Å²) >= 11 is 5.94. The molecule has 4 N–H and O–H groups in total. The highest BCUT2D eigenvalue weighted by Gasteiger charge is 2.51. The van der Waals surface area contributed by atoms with Gasteiger partial charge < -0.3 is 11.5 Å². The molecule has 4 atom stereocenters. The summed E-state index contributed by atoms with van der Waals surface area (Å²) in [5.74, 6) is 0.795. The number of hydrogen-bond acceptors (Lipinski definition) is 1. The molecule has 4 unspecified atom stereocenters. The fraction of sp³-hybridized carbons (Fsp3) is 0.467. The van der Waals surface area contributed by atoms with Gasteiger partial charge in [0.05, 0.1) is 5.92 Å². The summed E-state index contributed by atoms with van der Waals surface area (Å²) < 4.78 is 0. The number of hydrogen-bond donors (Lipinski definition) is 2. The third kappa shape index (κ3) is 2.29. The third-order valence-corrected chi connectivity index (χ3v) is 4.95. The second kappa shape index (κ2) is 5.09. The van der Waals surface area contributed by atoms with Gasteiger partial charge in [0.15, 0.2) is 5.96 Å². The summed E-state index contributed by atoms with van der Waals surface area (Å²) in [7, 11) is 0. The molecule has 106 valence electrons. The summed E-state index contributed by atoms with van der Waals surface area (Å²) in [6.45, 7) is 0. The number of halogens is 1. The van der Waals surface area contributed by atoms with Gasteiger partial charge in [-0.1, -0.05) is 23.7 Å². The van der Waals surface area contributed by atoms with Gasteiger partial charge in [-0.15, -0.1) is 0 Å². The molecule has 2 fully saturated rings. The van der Waals surface area contributed by atoms with Crippen molar-refractivity contribution in [3.8, 4) is 0 Å². The van der Waals surface area contributed by atoms with E-state index >= 15 is 0 Å². The average molecular weight is 292 g/mol. The smallest absolute Gasteiger partial charge is 0.252 e. The normalized spacial score (nSPS) is 31.2. The van der Waals surface area contributed by atoms with Crippen LogP contribution in [0.15, 0.2) is 29.3 Å². The summed E-state index contributed by atoms with van der Waals surface area (Å²) in [5, 5.41) is 0.712. The molecule has 1 aromatic carbocycles. The number of nitrogens with zero attached hydrogens (tertiary/aromatic N) is 1. The van der Waals surface area contributed by atoms with Crippen molar-refractivity contribution in [3.63, 3.8) is 0 Å². The van der Waals surface area contributed by atoms with Gasteiger partial charge in [0.2, 0.25) is 0 Å². The molecule has 20 heavy (non-hydrogen) atoms. The Morgan fingerprint density at radius 1 is 1.15 bits per heavy atom. The number of carbonyl (C=O) groups excluding carboxylic acids is 1. The van der Waals surface area contributed by atoms with Crippen molar-refractivity contribution in [1.29, 1.82) is 0 Å². The second-order valence-corrected chi connectivity index (χ2v) is 6.25. The number of amides is 1. The SMILES string of the molecule is NC(N)=NC(=O)C1C2CCC(C2)C1c1ccc(Cl)cc1. The predicted molar refractivity (Wildman–Crippen MR) is 79.3 cm³/mol. The molecule has 0 spiro atoms. The molecule has 1 aromatic rings. The molecular formula is C15H18ClN3O. The first-order valence-corrected chi connectivity index (χ1v) is 7.33. The van der Waals surface area contributed by atoms with Crippen molar-refractivity contribution in [2.24, 2.45) is 34.2 Å². The number of benzene rings is 1. The first-order valence-electron chi connectivity index (χ1n) is 6.95. The van der Waals surface area contributed by atoms with E-state index in [0.717, 1.165) is 12.8 Å². The molecule has 2 aliphatic rings. The van der Waals surface area contributed by atoms with Crippen molar-refractivity contribution in [1.82, 2.24) is 0 Å². The summed E-state index contributed by atoms with van der Waals surface area (Å²) in [6.07, 6.45) is 3.39. The van der Waals surface area contributed by atoms with Crippen LogP contribution in [0.25, 0.3) is 0 Å². The first kappa shape index (κ1) is 13.4. The lowest BCUT2D eigenvalue weighted by molar-refractivity contribution is -0.123. The maximum Gasteiger partial charge on any atom is 0.252 e. The molecule has 2 saturated carbocycles. The Morgan fingerprint density at radius 2 is 1.80 bits per heavy atom. The Hall–Kier alpha value is -1.55. The minimum Gasteiger partial charge on any atom is -0.370 e. The maximum atomic E-state index is 12.3. The standard InChI is InChI=1S/C15H18ClN3O/c16-11-5-3-8(4-6-11)12-9-1-2-10(7-9)13(12)14(20)19-15(17)18/h3-6,9-10,12-13H,1-2,7H2,(H4,17,18,19,20). The summed E-state index contributed by atoms with van der Waals surface area (Å²) in [5.41, 5.74) is 11.9. The van der Waals surface area contributed by atoms with E-state index in [9.17, 15) is 4.79 Å². The lowest BCUT2D eigenvalue weighted by Gasteiger charge is -2.29. The highest BCUT2D eigenvalue weighted by atomic mass is 35.5. The van der Waals surface area contributed by atoms with Gasteiger partial charge in [-0.3, -0.25) is 4.79 Å². The van der Waals surface area contributed by atoms with Crippen LogP contribution in [-0.2, 0) is 4.79 Å². The lowest BCUT2D eigenvalue weighted by atomic mass is 9.75. The quantitative estimate of drug-likeness (QED) is 0.648. The van der Waals surface area contributed by atoms with E-state index in [1.165, 1.54) is 12.0 Å². The predicted octanol–water partition coefficient (Wildman–Crippen LogP) is 2.27. The Bertz CT molecular complexity index is 551. The van der Waals surface area contributed by atoms with Crippen molar-refractivity contribution in [3.05, 3.63) is 34.9 Å². The van der Waals surface area contributed by atoms with E-state index < -0.39 is 0 Å². The van der Waals surface area contributed by atoms with Crippen LogP contribution in [0.2, 0.25) is 5.02 Å². The number of aliphatic imine (C=N–C) groups is 1. The van der Waals surface area contributed by atoms with E-state index in [4.69, 9.17) is 23.1 Å². The molecule has 2 bridgehead atoms. The molecule has 2 aliphatic carbocycles. The van der Waals surface area contributed by atoms with Crippen molar-refractivity contribution < 1.29 is 4.79 Å². The minimum absolute atomic E-state index is 0.0861. The first-order chi connectivity index (χ1) is 9.56. The van der Waals surface area contributed by atoms with E-state index in [1.54, 1.807) is 0 Å². The molecule has 0 saturated heterocycles. The number of nitrogens with two attached hydrogens (primary N) is 2. The highest BCUT2D eigenvalue weighted by molar-refractivity contribution is 6.30. The van der Waals surface area contributed by atoms with Gasteiger partial charge in [0.1, 0.15) is 0 Å². The van der Waals surface area contributed by atoms with Gasteiger partial charge >= 0.3 is 0 Å². The molecule has 5 heteroatoms. The molecule has 0 heterocycles. The van der Waals surface area contributed by atoms with Crippen LogP contribution in [-0.4, -0.2) is 11.9 Å². The van der Waals surface area contributed by atoms with Gasteiger partial charge in [-0.05, 0) is 54.7 Å². The summed E-state index contributed by atoms with van der Waals surface area (Å²) in [6, 6.07) is 7.79. The van der Waals surface area contributed by atoms with E-state index in [-0.39, 0.29) is 23.7 Å². The Morgan fingerprint density at radius 3 is 2.45 bits per heavy atom. The molecule has 0 radical (unpaired) electrons. The van der Waals surface area contributed by atoms with E-state index in [0.29, 0.717) is 16.9 Å². The number of carbonyl (C=O) groups is 1. The minimum atomic E-state index is -0.169. The topological polar surface area (TPSA) is 81.5 Å². The van der Waals surface area contributed by atoms with Crippen LogP contribution in [0.4, 0.5) is 0 Å². The van der Waals surface area contributed by atoms with Gasteiger partial charge in [0.25, 0.3) is 5.91 Å². The van der Waals surface area contributed by atoms with Crippen LogP contribution in [0.3, 0.4) is 0 Å². The zero-order valence-electron chi connectivity index (χ0n) is 11.1. The third-order valence-electron chi connectivity index (χ3n) is 4.70.